The lowest BCUT2D eigenvalue weighted by molar-refractivity contribution is 0.112. The van der Waals surface area contributed by atoms with Crippen molar-refractivity contribution in [3.8, 4) is 0 Å². The zero-order valence-corrected chi connectivity index (χ0v) is 9.17. The van der Waals surface area contributed by atoms with Crippen LogP contribution in [0.2, 0.25) is 0 Å². The van der Waals surface area contributed by atoms with Crippen molar-refractivity contribution < 1.29 is 9.18 Å². The Bertz CT molecular complexity index is 558. The normalized spacial score (nSPS) is 11.2. The fraction of sp³-hybridized carbons (Fsp3) is 0.250. The topological polar surface area (TPSA) is 58.9 Å². The van der Waals surface area contributed by atoms with Crippen LogP contribution < -0.4 is 5.73 Å². The number of carbonyl (C=O) groups is 1. The summed E-state index contributed by atoms with van der Waals surface area (Å²) in [6, 6.07) is 2.82. The number of anilines is 1. The van der Waals surface area contributed by atoms with Gasteiger partial charge in [0.25, 0.3) is 0 Å². The van der Waals surface area contributed by atoms with Gasteiger partial charge in [0.15, 0.2) is 6.29 Å². The zero-order valence-electron chi connectivity index (χ0n) is 9.17. The molecular formula is C12H13FN2O. The van der Waals surface area contributed by atoms with Crippen molar-refractivity contribution in [1.29, 1.82) is 0 Å². The predicted octanol–water partition coefficient (Wildman–Crippen LogP) is 2.83. The lowest BCUT2D eigenvalue weighted by atomic mass is 10.0. The summed E-state index contributed by atoms with van der Waals surface area (Å²) in [7, 11) is 0. The van der Waals surface area contributed by atoms with Gasteiger partial charge in [0.1, 0.15) is 5.82 Å². The summed E-state index contributed by atoms with van der Waals surface area (Å²) >= 11 is 0. The molecule has 16 heavy (non-hydrogen) atoms. The van der Waals surface area contributed by atoms with Gasteiger partial charge in [-0.3, -0.25) is 4.79 Å². The third kappa shape index (κ3) is 1.46. The number of hydrogen-bond acceptors (Lipinski definition) is 2. The summed E-state index contributed by atoms with van der Waals surface area (Å²) in [4.78, 5) is 14.1. The Labute approximate surface area is 92.4 Å². The first kappa shape index (κ1) is 10.7. The smallest absolute Gasteiger partial charge is 0.152 e. The number of aromatic amines is 1. The number of H-pyrrole nitrogens is 1. The molecule has 0 fully saturated rings. The predicted molar refractivity (Wildman–Crippen MR) is 62.1 cm³/mol. The molecule has 0 spiro atoms. The second-order valence-electron chi connectivity index (χ2n) is 4.14. The molecule has 1 aromatic carbocycles. The van der Waals surface area contributed by atoms with Gasteiger partial charge in [0.2, 0.25) is 0 Å². The first-order chi connectivity index (χ1) is 7.54. The van der Waals surface area contributed by atoms with Crippen LogP contribution in [0.3, 0.4) is 0 Å². The van der Waals surface area contributed by atoms with Crippen LogP contribution >= 0.6 is 0 Å². The Morgan fingerprint density at radius 1 is 1.44 bits per heavy atom. The van der Waals surface area contributed by atoms with Crippen molar-refractivity contribution >= 4 is 22.9 Å². The third-order valence-corrected chi connectivity index (χ3v) is 2.68. The maximum Gasteiger partial charge on any atom is 0.152 e. The van der Waals surface area contributed by atoms with Crippen LogP contribution in [0.1, 0.15) is 35.8 Å². The Morgan fingerprint density at radius 2 is 2.12 bits per heavy atom. The van der Waals surface area contributed by atoms with Crippen molar-refractivity contribution in [1.82, 2.24) is 4.98 Å². The molecule has 0 aliphatic rings. The first-order valence-corrected chi connectivity index (χ1v) is 5.10. The van der Waals surface area contributed by atoms with Crippen molar-refractivity contribution in [2.75, 3.05) is 5.73 Å². The number of rotatable bonds is 2. The largest absolute Gasteiger partial charge is 0.396 e. The minimum Gasteiger partial charge on any atom is -0.396 e. The van der Waals surface area contributed by atoms with Crippen LogP contribution in [0.5, 0.6) is 0 Å². The average Bonchev–Trinajstić information content (AvgIpc) is 2.57. The number of benzene rings is 1. The number of fused-ring (bicyclic) bond motifs is 1. The summed E-state index contributed by atoms with van der Waals surface area (Å²) in [5.41, 5.74) is 7.60. The van der Waals surface area contributed by atoms with Crippen LogP contribution in [-0.2, 0) is 0 Å². The number of aldehydes is 1. The second-order valence-corrected chi connectivity index (χ2v) is 4.14. The van der Waals surface area contributed by atoms with Gasteiger partial charge < -0.3 is 10.7 Å². The van der Waals surface area contributed by atoms with Gasteiger partial charge in [-0.25, -0.2) is 4.39 Å². The molecule has 2 aromatic rings. The van der Waals surface area contributed by atoms with Gasteiger partial charge >= 0.3 is 0 Å². The highest BCUT2D eigenvalue weighted by atomic mass is 19.1. The highest BCUT2D eigenvalue weighted by molar-refractivity contribution is 6.00. The van der Waals surface area contributed by atoms with E-state index in [9.17, 15) is 9.18 Å². The van der Waals surface area contributed by atoms with E-state index in [0.29, 0.717) is 16.5 Å². The molecule has 0 unspecified atom stereocenters. The highest BCUT2D eigenvalue weighted by Gasteiger charge is 2.15. The molecule has 0 amide bonds. The first-order valence-electron chi connectivity index (χ1n) is 5.10. The van der Waals surface area contributed by atoms with E-state index in [2.05, 4.69) is 4.98 Å². The molecule has 1 heterocycles. The van der Waals surface area contributed by atoms with Gasteiger partial charge in [0, 0.05) is 22.2 Å². The number of halogens is 1. The van der Waals surface area contributed by atoms with E-state index in [0.717, 1.165) is 12.0 Å². The molecule has 3 nitrogen and oxygen atoms in total. The summed E-state index contributed by atoms with van der Waals surface area (Å²) in [5.74, 6) is -0.318. The minimum absolute atomic E-state index is 0.0847. The molecule has 0 radical (unpaired) electrons. The Kier molecular flexibility index (Phi) is 2.42. The molecule has 4 heteroatoms. The quantitative estimate of drug-likeness (QED) is 0.604. The Balaban J connectivity index is 2.82. The zero-order chi connectivity index (χ0) is 11.9. The molecule has 0 saturated carbocycles. The number of hydrogen-bond donors (Lipinski definition) is 2. The van der Waals surface area contributed by atoms with Crippen LogP contribution in [0, 0.1) is 5.82 Å². The SMILES string of the molecule is CC(C)c1[nH]c2cc(N)c(F)cc2c1C=O. The third-order valence-electron chi connectivity index (χ3n) is 2.68. The number of nitrogens with two attached hydrogens (primary N) is 1. The molecule has 0 saturated heterocycles. The molecule has 0 aliphatic carbocycles. The molecular weight excluding hydrogens is 207 g/mol. The number of carbonyl (C=O) groups excluding carboxylic acids is 1. The van der Waals surface area contributed by atoms with Gasteiger partial charge in [0.05, 0.1) is 5.69 Å². The number of nitrogen functional groups attached to an aromatic ring is 1. The van der Waals surface area contributed by atoms with Gasteiger partial charge in [-0.15, -0.1) is 0 Å². The van der Waals surface area contributed by atoms with Gasteiger partial charge in [-0.05, 0) is 18.1 Å². The monoisotopic (exact) mass is 220 g/mol. The number of nitrogens with one attached hydrogen (secondary N) is 1. The van der Waals surface area contributed by atoms with E-state index in [1.54, 1.807) is 0 Å². The van der Waals surface area contributed by atoms with Crippen LogP contribution in [0.15, 0.2) is 12.1 Å². The molecule has 0 bridgehead atoms. The molecule has 0 atom stereocenters. The van der Waals surface area contributed by atoms with E-state index < -0.39 is 5.82 Å². The van der Waals surface area contributed by atoms with E-state index >= 15 is 0 Å². The molecule has 2 rings (SSSR count). The molecule has 0 aliphatic heterocycles. The minimum atomic E-state index is -0.495. The lowest BCUT2D eigenvalue weighted by Gasteiger charge is -2.01. The van der Waals surface area contributed by atoms with Crippen molar-refractivity contribution in [3.63, 3.8) is 0 Å². The summed E-state index contributed by atoms with van der Waals surface area (Å²) in [6.45, 7) is 3.94. The molecule has 84 valence electrons. The van der Waals surface area contributed by atoms with E-state index in [-0.39, 0.29) is 11.6 Å². The average molecular weight is 220 g/mol. The lowest BCUT2D eigenvalue weighted by Crippen LogP contribution is -1.92. The summed E-state index contributed by atoms with van der Waals surface area (Å²) < 4.78 is 13.3. The van der Waals surface area contributed by atoms with Crippen LogP contribution in [0.25, 0.3) is 10.9 Å². The van der Waals surface area contributed by atoms with Crippen LogP contribution in [0.4, 0.5) is 10.1 Å². The molecule has 1 aromatic heterocycles. The summed E-state index contributed by atoms with van der Waals surface area (Å²) in [6.07, 6.45) is 0.754. The van der Waals surface area contributed by atoms with Crippen LogP contribution in [-0.4, -0.2) is 11.3 Å². The van der Waals surface area contributed by atoms with Crippen molar-refractivity contribution in [2.24, 2.45) is 0 Å². The second kappa shape index (κ2) is 3.63. The summed E-state index contributed by atoms with van der Waals surface area (Å²) in [5, 5.41) is 0.588. The fourth-order valence-corrected chi connectivity index (χ4v) is 1.86. The van der Waals surface area contributed by atoms with E-state index in [1.807, 2.05) is 13.8 Å². The van der Waals surface area contributed by atoms with Gasteiger partial charge in [-0.1, -0.05) is 13.8 Å². The van der Waals surface area contributed by atoms with Crippen molar-refractivity contribution in [3.05, 3.63) is 29.2 Å². The van der Waals surface area contributed by atoms with Gasteiger partial charge in [-0.2, -0.15) is 0 Å². The maximum absolute atomic E-state index is 13.3. The van der Waals surface area contributed by atoms with E-state index in [4.69, 9.17) is 5.73 Å². The fourth-order valence-electron chi connectivity index (χ4n) is 1.86. The molecule has 3 N–H and O–H groups in total. The Morgan fingerprint density at radius 3 is 2.69 bits per heavy atom. The maximum atomic E-state index is 13.3. The number of aromatic nitrogens is 1. The Hall–Kier alpha value is -1.84. The van der Waals surface area contributed by atoms with E-state index in [1.165, 1.54) is 12.1 Å². The highest BCUT2D eigenvalue weighted by Crippen LogP contribution is 2.28. The van der Waals surface area contributed by atoms with Crippen molar-refractivity contribution in [2.45, 2.75) is 19.8 Å². The standard InChI is InChI=1S/C12H13FN2O/c1-6(2)12-8(5-16)7-3-9(13)10(14)4-11(7)15-12/h3-6,15H,14H2,1-2H3.